The Hall–Kier alpha value is -3.48. The van der Waals surface area contributed by atoms with E-state index in [0.717, 1.165) is 39.1 Å². The van der Waals surface area contributed by atoms with Gasteiger partial charge in [0.2, 0.25) is 0 Å². The maximum atomic E-state index is 12.3. The molecule has 32 heavy (non-hydrogen) atoms. The normalized spacial score (nSPS) is 12.3. The predicted octanol–water partition coefficient (Wildman–Crippen LogP) is 4.97. The summed E-state index contributed by atoms with van der Waals surface area (Å²) in [4.78, 5) is 23.0. The Balaban J connectivity index is 1.85. The molecule has 166 valence electrons. The van der Waals surface area contributed by atoms with Crippen LogP contribution in [0.25, 0.3) is 11.1 Å². The molecule has 3 aromatic carbocycles. The summed E-state index contributed by atoms with van der Waals surface area (Å²) in [6.07, 6.45) is 0. The lowest BCUT2D eigenvalue weighted by Crippen LogP contribution is -2.30. The van der Waals surface area contributed by atoms with E-state index in [1.165, 1.54) is 14.2 Å². The molecular weight excluding hydrogens is 404 g/mol. The summed E-state index contributed by atoms with van der Waals surface area (Å²) in [7, 11) is 2.80. The molecule has 0 saturated heterocycles. The van der Waals surface area contributed by atoms with Crippen LogP contribution in [-0.4, -0.2) is 25.9 Å². The molecule has 1 N–H and O–H groups in total. The number of carbonyl (C=O) groups excluding carboxylic acids is 1. The highest BCUT2D eigenvalue weighted by molar-refractivity contribution is 6.04. The van der Waals surface area contributed by atoms with Crippen LogP contribution in [0.5, 0.6) is 0 Å². The molecule has 0 saturated carbocycles. The average Bonchev–Trinajstić information content (AvgIpc) is 2.83. The molecule has 1 unspecified atom stereocenters. The fourth-order valence-electron chi connectivity index (χ4n) is 3.58. The van der Waals surface area contributed by atoms with Crippen LogP contribution in [0.3, 0.4) is 0 Å². The lowest BCUT2D eigenvalue weighted by molar-refractivity contribution is -0.147. The van der Waals surface area contributed by atoms with Gasteiger partial charge in [-0.15, -0.1) is 0 Å². The largest absolute Gasteiger partial charge is 0.468 e. The quantitative estimate of drug-likeness (QED) is 0.294. The molecule has 6 nitrogen and oxygen atoms in total. The van der Waals surface area contributed by atoms with Crippen LogP contribution in [0.4, 0.5) is 0 Å². The number of nitrogens with one attached hydrogen (secondary N) is 1. The first-order valence-corrected chi connectivity index (χ1v) is 10.3. The molecule has 0 aliphatic carbocycles. The minimum Gasteiger partial charge on any atom is -0.468 e. The zero-order chi connectivity index (χ0) is 22.9. The first-order valence-electron chi connectivity index (χ1n) is 10.3. The number of esters is 1. The average molecular weight is 433 g/mol. The van der Waals surface area contributed by atoms with Gasteiger partial charge in [0.05, 0.1) is 19.9 Å². The van der Waals surface area contributed by atoms with Crippen LogP contribution in [0, 0.1) is 6.92 Å². The molecule has 0 aromatic heterocycles. The number of oxime groups is 1. The van der Waals surface area contributed by atoms with Crippen LogP contribution in [0.15, 0.2) is 78.0 Å². The van der Waals surface area contributed by atoms with Crippen molar-refractivity contribution in [1.29, 1.82) is 0 Å². The molecule has 6 heteroatoms. The Morgan fingerprint density at radius 1 is 0.969 bits per heavy atom. The lowest BCUT2D eigenvalue weighted by atomic mass is 9.97. The Morgan fingerprint density at radius 2 is 1.69 bits per heavy atom. The molecule has 0 aliphatic rings. The molecule has 3 aromatic rings. The third-order valence-electron chi connectivity index (χ3n) is 5.24. The maximum absolute atomic E-state index is 12.3. The Labute approximate surface area is 188 Å². The Morgan fingerprint density at radius 3 is 2.41 bits per heavy atom. The van der Waals surface area contributed by atoms with Gasteiger partial charge >= 0.3 is 5.97 Å². The molecule has 3 rings (SSSR count). The fraction of sp³-hybridized carbons (Fsp3) is 0.231. The van der Waals surface area contributed by atoms with E-state index in [2.05, 4.69) is 28.8 Å². The van der Waals surface area contributed by atoms with Crippen molar-refractivity contribution in [2.75, 3.05) is 14.2 Å². The van der Waals surface area contributed by atoms with E-state index in [0.29, 0.717) is 0 Å². The summed E-state index contributed by atoms with van der Waals surface area (Å²) in [5.41, 5.74) is 9.21. The zero-order valence-corrected chi connectivity index (χ0v) is 18.8. The zero-order valence-electron chi connectivity index (χ0n) is 18.8. The topological polar surface area (TPSA) is 69.2 Å². The molecule has 0 amide bonds. The van der Waals surface area contributed by atoms with Gasteiger partial charge in [0.1, 0.15) is 6.61 Å². The Kier molecular flexibility index (Phi) is 8.14. The van der Waals surface area contributed by atoms with E-state index in [9.17, 15) is 4.79 Å². The van der Waals surface area contributed by atoms with Crippen LogP contribution >= 0.6 is 0 Å². The van der Waals surface area contributed by atoms with E-state index < -0.39 is 12.0 Å². The number of methoxy groups -OCH3 is 1. The third kappa shape index (κ3) is 5.41. The second kappa shape index (κ2) is 11.2. The summed E-state index contributed by atoms with van der Waals surface area (Å²) in [5.74, 6) is -0.449. The number of hydrogen-bond donors (Lipinski definition) is 1. The molecule has 0 spiro atoms. The van der Waals surface area contributed by atoms with Gasteiger partial charge < -0.3 is 14.4 Å². The van der Waals surface area contributed by atoms with Crippen molar-refractivity contribution < 1.29 is 19.2 Å². The van der Waals surface area contributed by atoms with Crippen LogP contribution in [0.2, 0.25) is 0 Å². The van der Waals surface area contributed by atoms with Crippen molar-refractivity contribution >= 4 is 11.7 Å². The SMILES string of the molecule is CONC(C(=O)OC)c1cccc(C)c1CO/N=C(\C)c1ccccc1-c1ccccc1. The van der Waals surface area contributed by atoms with Gasteiger partial charge in [-0.1, -0.05) is 78.0 Å². The minimum atomic E-state index is -0.771. The van der Waals surface area contributed by atoms with E-state index in [1.54, 1.807) is 0 Å². The standard InChI is InChI=1S/C26H28N2O4/c1-18-11-10-16-23(25(28-31-4)26(29)30-3)24(18)17-32-27-19(2)21-14-8-9-15-22(21)20-12-6-5-7-13-20/h5-16,25,28H,17H2,1-4H3/b27-19+. The molecule has 0 aliphatic heterocycles. The molecule has 1 atom stereocenters. The number of hydroxylamine groups is 1. The number of benzene rings is 3. The van der Waals surface area contributed by atoms with Gasteiger partial charge in [-0.05, 0) is 36.1 Å². The highest BCUT2D eigenvalue weighted by atomic mass is 16.6. The van der Waals surface area contributed by atoms with Crippen molar-refractivity contribution in [1.82, 2.24) is 5.48 Å². The van der Waals surface area contributed by atoms with E-state index >= 15 is 0 Å². The van der Waals surface area contributed by atoms with Gasteiger partial charge in [-0.3, -0.25) is 0 Å². The highest BCUT2D eigenvalue weighted by Gasteiger charge is 2.25. The maximum Gasteiger partial charge on any atom is 0.329 e. The van der Waals surface area contributed by atoms with Gasteiger partial charge in [0, 0.05) is 11.1 Å². The van der Waals surface area contributed by atoms with E-state index in [1.807, 2.05) is 68.4 Å². The van der Waals surface area contributed by atoms with Crippen LogP contribution < -0.4 is 5.48 Å². The summed E-state index contributed by atoms with van der Waals surface area (Å²) >= 11 is 0. The highest BCUT2D eigenvalue weighted by Crippen LogP contribution is 2.26. The molecule has 0 heterocycles. The summed E-state index contributed by atoms with van der Waals surface area (Å²) in [5, 5.41) is 4.38. The lowest BCUT2D eigenvalue weighted by Gasteiger charge is -2.19. The third-order valence-corrected chi connectivity index (χ3v) is 5.24. The smallest absolute Gasteiger partial charge is 0.329 e. The second-order valence-electron chi connectivity index (χ2n) is 7.28. The molecule has 0 radical (unpaired) electrons. The van der Waals surface area contributed by atoms with Crippen LogP contribution in [-0.2, 0) is 25.8 Å². The summed E-state index contributed by atoms with van der Waals surface area (Å²) < 4.78 is 4.92. The number of ether oxygens (including phenoxy) is 1. The molecular formula is C26H28N2O4. The van der Waals surface area contributed by atoms with Crippen molar-refractivity contribution in [3.8, 4) is 11.1 Å². The van der Waals surface area contributed by atoms with Crippen molar-refractivity contribution in [3.63, 3.8) is 0 Å². The predicted molar refractivity (Wildman–Crippen MR) is 125 cm³/mol. The summed E-state index contributed by atoms with van der Waals surface area (Å²) in [6, 6.07) is 23.2. The van der Waals surface area contributed by atoms with E-state index in [-0.39, 0.29) is 6.61 Å². The number of rotatable bonds is 9. The second-order valence-corrected chi connectivity index (χ2v) is 7.28. The fourth-order valence-corrected chi connectivity index (χ4v) is 3.58. The monoisotopic (exact) mass is 432 g/mol. The van der Waals surface area contributed by atoms with Gasteiger partial charge in [-0.25, -0.2) is 4.79 Å². The summed E-state index contributed by atoms with van der Waals surface area (Å²) in [6.45, 7) is 4.08. The van der Waals surface area contributed by atoms with Crippen LogP contribution in [0.1, 0.15) is 35.2 Å². The molecule has 0 bridgehead atoms. The van der Waals surface area contributed by atoms with Gasteiger partial charge in [0.25, 0.3) is 0 Å². The molecule has 0 fully saturated rings. The van der Waals surface area contributed by atoms with Gasteiger partial charge in [-0.2, -0.15) is 5.48 Å². The number of aryl methyl sites for hydroxylation is 1. The van der Waals surface area contributed by atoms with E-state index in [4.69, 9.17) is 14.4 Å². The number of hydrogen-bond acceptors (Lipinski definition) is 6. The Bertz CT molecular complexity index is 1080. The first-order chi connectivity index (χ1) is 15.6. The first kappa shape index (κ1) is 23.2. The van der Waals surface area contributed by atoms with Crippen molar-refractivity contribution in [3.05, 3.63) is 95.1 Å². The van der Waals surface area contributed by atoms with Gasteiger partial charge in [0.15, 0.2) is 6.04 Å². The van der Waals surface area contributed by atoms with Crippen molar-refractivity contribution in [2.45, 2.75) is 26.5 Å². The minimum absolute atomic E-state index is 0.200. The van der Waals surface area contributed by atoms with Crippen molar-refractivity contribution in [2.24, 2.45) is 5.16 Å². The number of carbonyl (C=O) groups is 1. The number of nitrogens with zero attached hydrogens (tertiary/aromatic N) is 1.